The lowest BCUT2D eigenvalue weighted by Gasteiger charge is -2.47. The molecule has 2 N–H and O–H groups in total. The summed E-state index contributed by atoms with van der Waals surface area (Å²) in [5, 5.41) is 26.7. The van der Waals surface area contributed by atoms with E-state index >= 15 is 0 Å². The molecule has 6 aromatic rings. The predicted octanol–water partition coefficient (Wildman–Crippen LogP) is 8.71. The Morgan fingerprint density at radius 3 is 0.977 bits per heavy atom. The average Bonchev–Trinajstić information content (AvgIpc) is 3.10. The fraction of sp³-hybridized carbons (Fsp3) is 0.0476. The molecule has 0 aliphatic heterocycles. The van der Waals surface area contributed by atoms with Gasteiger partial charge in [-0.3, -0.25) is 0 Å². The maximum Gasteiger partial charge on any atom is 0.142 e. The van der Waals surface area contributed by atoms with Crippen LogP contribution in [0, 0.1) is 0 Å². The van der Waals surface area contributed by atoms with Crippen LogP contribution in [0.1, 0.15) is 44.5 Å². The summed E-state index contributed by atoms with van der Waals surface area (Å²) >= 11 is 0. The smallest absolute Gasteiger partial charge is 0.142 e. The summed E-state index contributed by atoms with van der Waals surface area (Å²) in [6.07, 6.45) is 0. The van der Waals surface area contributed by atoms with E-state index in [0.29, 0.717) is 0 Å². The van der Waals surface area contributed by atoms with Crippen LogP contribution in [0.25, 0.3) is 22.3 Å². The second kappa shape index (κ2) is 10.2. The van der Waals surface area contributed by atoms with Gasteiger partial charge in [0.25, 0.3) is 0 Å². The number of aliphatic hydroxyl groups is 2. The van der Waals surface area contributed by atoms with Gasteiger partial charge < -0.3 is 10.2 Å². The summed E-state index contributed by atoms with van der Waals surface area (Å²) in [7, 11) is 0. The summed E-state index contributed by atoms with van der Waals surface area (Å²) in [5.41, 5.74) is 7.33. The van der Waals surface area contributed by atoms with E-state index in [1.807, 2.05) is 133 Å². The average molecular weight is 567 g/mol. The number of benzene rings is 6. The first-order chi connectivity index (χ1) is 21.6. The van der Waals surface area contributed by atoms with Crippen molar-refractivity contribution in [1.29, 1.82) is 0 Å². The zero-order valence-corrected chi connectivity index (χ0v) is 24.1. The van der Waals surface area contributed by atoms with Crippen LogP contribution in [0.4, 0.5) is 0 Å². The van der Waals surface area contributed by atoms with Crippen molar-refractivity contribution >= 4 is 22.3 Å². The molecule has 44 heavy (non-hydrogen) atoms. The van der Waals surface area contributed by atoms with Crippen LogP contribution in [0.2, 0.25) is 0 Å². The summed E-state index contributed by atoms with van der Waals surface area (Å²) in [6, 6.07) is 56.5. The largest absolute Gasteiger partial charge is 0.376 e. The highest BCUT2D eigenvalue weighted by Gasteiger charge is 2.52. The Balaban J connectivity index is 1.65. The van der Waals surface area contributed by atoms with Crippen LogP contribution in [0.15, 0.2) is 170 Å². The van der Waals surface area contributed by atoms with Gasteiger partial charge in [-0.15, -0.1) is 0 Å². The highest BCUT2D eigenvalue weighted by atomic mass is 16.3. The van der Waals surface area contributed by atoms with Crippen LogP contribution < -0.4 is 0 Å². The summed E-state index contributed by atoms with van der Waals surface area (Å²) in [4.78, 5) is 0. The Labute approximate surface area is 257 Å². The molecular formula is C42H30O2. The molecule has 2 nitrogen and oxygen atoms in total. The summed E-state index contributed by atoms with van der Waals surface area (Å²) in [5.74, 6) is 0. The van der Waals surface area contributed by atoms with E-state index in [0.717, 1.165) is 66.8 Å². The minimum absolute atomic E-state index is 0.784. The SMILES string of the molecule is O[C@@]1(c2ccccc2)C(c2ccccc2)=C2C(=C(c3ccccc3)[C@@](O)(c3ccccc3)c3ccccc32)c2ccccc21. The van der Waals surface area contributed by atoms with Crippen molar-refractivity contribution in [2.24, 2.45) is 0 Å². The Kier molecular flexibility index (Phi) is 6.09. The number of hydrogen-bond acceptors (Lipinski definition) is 2. The Hall–Kier alpha value is -5.28. The summed E-state index contributed by atoms with van der Waals surface area (Å²) < 4.78 is 0. The molecule has 210 valence electrons. The second-order valence-electron chi connectivity index (χ2n) is 11.5. The van der Waals surface area contributed by atoms with Gasteiger partial charge in [0, 0.05) is 22.3 Å². The van der Waals surface area contributed by atoms with E-state index < -0.39 is 11.2 Å². The van der Waals surface area contributed by atoms with E-state index in [2.05, 4.69) is 36.4 Å². The zero-order valence-electron chi connectivity index (χ0n) is 24.1. The fourth-order valence-electron chi connectivity index (χ4n) is 7.33. The van der Waals surface area contributed by atoms with Gasteiger partial charge >= 0.3 is 0 Å². The Morgan fingerprint density at radius 1 is 0.318 bits per heavy atom. The minimum Gasteiger partial charge on any atom is -0.376 e. The molecule has 0 fully saturated rings. The van der Waals surface area contributed by atoms with Crippen LogP contribution in [0.5, 0.6) is 0 Å². The molecule has 2 atom stereocenters. The molecule has 0 saturated heterocycles. The highest BCUT2D eigenvalue weighted by molar-refractivity contribution is 6.28. The molecule has 0 unspecified atom stereocenters. The Bertz CT molecular complexity index is 1910. The normalized spacial score (nSPS) is 20.5. The van der Waals surface area contributed by atoms with Crippen molar-refractivity contribution in [2.45, 2.75) is 11.2 Å². The van der Waals surface area contributed by atoms with Crippen molar-refractivity contribution in [2.75, 3.05) is 0 Å². The summed E-state index contributed by atoms with van der Waals surface area (Å²) in [6.45, 7) is 0. The number of hydrogen-bond donors (Lipinski definition) is 2. The quantitative estimate of drug-likeness (QED) is 0.224. The Morgan fingerprint density at radius 2 is 0.614 bits per heavy atom. The maximum absolute atomic E-state index is 13.3. The van der Waals surface area contributed by atoms with Crippen molar-refractivity contribution < 1.29 is 10.2 Å². The van der Waals surface area contributed by atoms with Gasteiger partial charge in [-0.2, -0.15) is 0 Å². The molecule has 0 amide bonds. The molecule has 2 heteroatoms. The van der Waals surface area contributed by atoms with Crippen molar-refractivity contribution in [3.05, 3.63) is 214 Å². The minimum atomic E-state index is -1.46. The van der Waals surface area contributed by atoms with Crippen molar-refractivity contribution in [3.63, 3.8) is 0 Å². The molecule has 0 aromatic heterocycles. The third-order valence-electron chi connectivity index (χ3n) is 9.15. The van der Waals surface area contributed by atoms with E-state index in [1.54, 1.807) is 0 Å². The molecule has 8 rings (SSSR count). The first-order valence-electron chi connectivity index (χ1n) is 15.0. The fourth-order valence-corrected chi connectivity index (χ4v) is 7.33. The molecule has 0 spiro atoms. The topological polar surface area (TPSA) is 40.5 Å². The van der Waals surface area contributed by atoms with E-state index in [9.17, 15) is 10.2 Å². The van der Waals surface area contributed by atoms with Gasteiger partial charge in [-0.05, 0) is 44.5 Å². The standard InChI is InChI=1S/C42H30O2/c43-41(31-21-9-3-10-22-31)35-27-15-14-26-34(35)38-37(39(41)29-17-5-1-6-18-29)33-25-13-16-28-36(33)42(44,32-23-11-4-12-24-32)40(38)30-19-7-2-8-20-30/h1-28,43-44H/t41-,42-/m1/s1. The molecule has 2 aliphatic carbocycles. The van der Waals surface area contributed by atoms with E-state index in [1.165, 1.54) is 0 Å². The van der Waals surface area contributed by atoms with Gasteiger partial charge in [0.1, 0.15) is 11.2 Å². The van der Waals surface area contributed by atoms with Crippen molar-refractivity contribution in [1.82, 2.24) is 0 Å². The number of allylic oxidation sites excluding steroid dienone is 2. The highest BCUT2D eigenvalue weighted by Crippen LogP contribution is 2.63. The first kappa shape index (κ1) is 26.4. The molecule has 0 saturated carbocycles. The van der Waals surface area contributed by atoms with E-state index in [4.69, 9.17) is 0 Å². The van der Waals surface area contributed by atoms with Gasteiger partial charge in [-0.1, -0.05) is 170 Å². The zero-order chi connectivity index (χ0) is 29.7. The molecule has 0 radical (unpaired) electrons. The first-order valence-corrected chi connectivity index (χ1v) is 15.0. The van der Waals surface area contributed by atoms with Gasteiger partial charge in [0.15, 0.2) is 0 Å². The lowest BCUT2D eigenvalue weighted by molar-refractivity contribution is 0.141. The van der Waals surface area contributed by atoms with Gasteiger partial charge in [0.05, 0.1) is 0 Å². The predicted molar refractivity (Wildman–Crippen MR) is 178 cm³/mol. The third kappa shape index (κ3) is 3.69. The lowest BCUT2D eigenvalue weighted by atomic mass is 9.59. The van der Waals surface area contributed by atoms with Crippen LogP contribution >= 0.6 is 0 Å². The van der Waals surface area contributed by atoms with Gasteiger partial charge in [-0.25, -0.2) is 0 Å². The maximum atomic E-state index is 13.3. The molecule has 0 bridgehead atoms. The second-order valence-corrected chi connectivity index (χ2v) is 11.5. The van der Waals surface area contributed by atoms with Crippen LogP contribution in [0.3, 0.4) is 0 Å². The third-order valence-corrected chi connectivity index (χ3v) is 9.15. The van der Waals surface area contributed by atoms with Crippen LogP contribution in [-0.2, 0) is 11.2 Å². The molecule has 0 heterocycles. The number of fused-ring (bicyclic) bond motifs is 5. The molecule has 2 aliphatic rings. The molecular weight excluding hydrogens is 536 g/mol. The molecule has 6 aromatic carbocycles. The monoisotopic (exact) mass is 566 g/mol. The number of rotatable bonds is 4. The van der Waals surface area contributed by atoms with E-state index in [-0.39, 0.29) is 0 Å². The van der Waals surface area contributed by atoms with Crippen molar-refractivity contribution in [3.8, 4) is 0 Å². The lowest BCUT2D eigenvalue weighted by Crippen LogP contribution is -2.39. The van der Waals surface area contributed by atoms with Crippen LogP contribution in [-0.4, -0.2) is 10.2 Å². The van der Waals surface area contributed by atoms with Gasteiger partial charge in [0.2, 0.25) is 0 Å².